The third-order valence-electron chi connectivity index (χ3n) is 8.37. The van der Waals surface area contributed by atoms with E-state index in [-0.39, 0.29) is 38.1 Å². The van der Waals surface area contributed by atoms with Crippen molar-refractivity contribution in [1.82, 2.24) is 25.8 Å². The molecule has 5 atom stereocenters. The Hall–Kier alpha value is -4.95. The number of nitrogens with zero attached hydrogens (tertiary/aromatic N) is 4. The molecule has 51 heavy (non-hydrogen) atoms. The minimum Gasteiger partial charge on any atom is -0.460 e. The van der Waals surface area contributed by atoms with Crippen LogP contribution in [0.5, 0.6) is 0 Å². The zero-order chi connectivity index (χ0) is 37.9. The summed E-state index contributed by atoms with van der Waals surface area (Å²) in [6.45, 7) is 10.7. The number of azide groups is 1. The van der Waals surface area contributed by atoms with Gasteiger partial charge in [0.2, 0.25) is 29.5 Å². The van der Waals surface area contributed by atoms with E-state index in [0.29, 0.717) is 12.8 Å². The van der Waals surface area contributed by atoms with E-state index in [2.05, 4.69) is 31.0 Å². The number of esters is 1. The number of fused-ring (bicyclic) bond motifs is 1. The molecule has 1 aliphatic rings. The molecule has 0 unspecified atom stereocenters. The van der Waals surface area contributed by atoms with Crippen LogP contribution >= 0.6 is 0 Å². The van der Waals surface area contributed by atoms with Crippen molar-refractivity contribution in [3.8, 4) is 0 Å². The molecule has 278 valence electrons. The van der Waals surface area contributed by atoms with Gasteiger partial charge in [-0.3, -0.25) is 28.8 Å². The van der Waals surface area contributed by atoms with Crippen LogP contribution in [0.25, 0.3) is 21.3 Å². The van der Waals surface area contributed by atoms with Gasteiger partial charge in [0.05, 0.1) is 18.5 Å². The summed E-state index contributed by atoms with van der Waals surface area (Å²) in [5.41, 5.74) is 15.9. The zero-order valence-electron chi connectivity index (χ0n) is 30.2. The largest absolute Gasteiger partial charge is 0.460 e. The van der Waals surface area contributed by atoms with Crippen molar-refractivity contribution < 1.29 is 33.5 Å². The van der Waals surface area contributed by atoms with E-state index in [0.717, 1.165) is 16.5 Å². The lowest BCUT2D eigenvalue weighted by Crippen LogP contribution is -2.58. The van der Waals surface area contributed by atoms with Crippen LogP contribution < -0.4 is 21.7 Å². The fourth-order valence-corrected chi connectivity index (χ4v) is 6.07. The minimum absolute atomic E-state index is 0.0115. The van der Waals surface area contributed by atoms with Crippen molar-refractivity contribution in [2.24, 2.45) is 16.8 Å². The van der Waals surface area contributed by atoms with E-state index in [4.69, 9.17) is 16.0 Å². The molecule has 1 aromatic heterocycles. The Balaban J connectivity index is 1.78. The number of hydrogen-bond acceptors (Lipinski definition) is 8. The van der Waals surface area contributed by atoms with E-state index in [1.165, 1.54) is 4.90 Å². The molecule has 3 rings (SSSR count). The molecule has 0 spiro atoms. The highest BCUT2D eigenvalue weighted by Gasteiger charge is 2.40. The number of nitrogens with two attached hydrogens (primary N) is 1. The monoisotopic (exact) mass is 709 g/mol. The molecule has 1 aromatic carbocycles. The lowest BCUT2D eigenvalue weighted by molar-refractivity contribution is -0.157. The molecule has 1 saturated heterocycles. The zero-order valence-corrected chi connectivity index (χ0v) is 30.2. The summed E-state index contributed by atoms with van der Waals surface area (Å²) in [4.78, 5) is 86.7. The molecule has 6 N–H and O–H groups in total. The van der Waals surface area contributed by atoms with Crippen LogP contribution in [0.15, 0.2) is 35.6 Å². The maximum Gasteiger partial charge on any atom is 0.308 e. The third-order valence-corrected chi connectivity index (χ3v) is 8.37. The predicted octanol–water partition coefficient (Wildman–Crippen LogP) is 2.90. The molecule has 0 aliphatic carbocycles. The number of para-hydroxylation sites is 1. The molecule has 0 saturated carbocycles. The third kappa shape index (κ3) is 11.8. The molecule has 0 bridgehead atoms. The van der Waals surface area contributed by atoms with Gasteiger partial charge in [0.15, 0.2) is 0 Å². The molecular weight excluding hydrogens is 658 g/mol. The summed E-state index contributed by atoms with van der Waals surface area (Å²) in [7, 11) is 0. The highest BCUT2D eigenvalue weighted by molar-refractivity contribution is 5.97. The first-order chi connectivity index (χ1) is 24.0. The Morgan fingerprint density at radius 2 is 1.75 bits per heavy atom. The molecule has 1 aliphatic heterocycles. The van der Waals surface area contributed by atoms with Crippen LogP contribution in [0.3, 0.4) is 0 Å². The molecule has 1 fully saturated rings. The van der Waals surface area contributed by atoms with Gasteiger partial charge in [-0.2, -0.15) is 0 Å². The molecule has 5 amide bonds. The summed E-state index contributed by atoms with van der Waals surface area (Å²) in [5.74, 6) is -4.14. The highest BCUT2D eigenvalue weighted by Crippen LogP contribution is 2.22. The van der Waals surface area contributed by atoms with Crippen molar-refractivity contribution in [2.75, 3.05) is 6.54 Å². The van der Waals surface area contributed by atoms with Crippen LogP contribution in [-0.4, -0.2) is 87.7 Å². The van der Waals surface area contributed by atoms with E-state index >= 15 is 0 Å². The van der Waals surface area contributed by atoms with Crippen molar-refractivity contribution in [3.63, 3.8) is 0 Å². The summed E-state index contributed by atoms with van der Waals surface area (Å²) in [6.07, 6.45) is 3.12. The van der Waals surface area contributed by atoms with E-state index < -0.39 is 77.7 Å². The first-order valence-electron chi connectivity index (χ1n) is 17.4. The van der Waals surface area contributed by atoms with Crippen molar-refractivity contribution in [3.05, 3.63) is 46.5 Å². The van der Waals surface area contributed by atoms with E-state index in [9.17, 15) is 28.8 Å². The number of H-pyrrole nitrogens is 1. The van der Waals surface area contributed by atoms with Gasteiger partial charge in [0.25, 0.3) is 0 Å². The molecule has 0 radical (unpaired) electrons. The van der Waals surface area contributed by atoms with Gasteiger partial charge in [-0.25, -0.2) is 0 Å². The fourth-order valence-electron chi connectivity index (χ4n) is 6.07. The van der Waals surface area contributed by atoms with Gasteiger partial charge < -0.3 is 36.3 Å². The van der Waals surface area contributed by atoms with Gasteiger partial charge >= 0.3 is 5.97 Å². The number of carbonyl (C=O) groups is 6. The minimum atomic E-state index is -1.38. The summed E-state index contributed by atoms with van der Waals surface area (Å²) >= 11 is 0. The lowest BCUT2D eigenvalue weighted by Gasteiger charge is -2.30. The highest BCUT2D eigenvalue weighted by atomic mass is 16.6. The van der Waals surface area contributed by atoms with Crippen molar-refractivity contribution >= 4 is 46.4 Å². The topological polar surface area (TPSA) is 242 Å². The Bertz CT molecular complexity index is 1630. The molecule has 2 heterocycles. The Morgan fingerprint density at radius 3 is 2.39 bits per heavy atom. The quantitative estimate of drug-likeness (QED) is 0.0749. The number of aromatic amines is 1. The summed E-state index contributed by atoms with van der Waals surface area (Å²) in [6, 6.07) is 1.99. The first kappa shape index (κ1) is 40.5. The van der Waals surface area contributed by atoms with Crippen LogP contribution in [0, 0.1) is 5.92 Å². The molecule has 2 aromatic rings. The predicted molar refractivity (Wildman–Crippen MR) is 189 cm³/mol. The summed E-state index contributed by atoms with van der Waals surface area (Å²) in [5, 5.41) is 12.0. The van der Waals surface area contributed by atoms with Crippen LogP contribution in [0.2, 0.25) is 0 Å². The summed E-state index contributed by atoms with van der Waals surface area (Å²) < 4.78 is 5.45. The normalized spacial score (nSPS) is 16.8. The number of amides is 5. The molecule has 16 nitrogen and oxygen atoms in total. The Morgan fingerprint density at radius 1 is 1.06 bits per heavy atom. The smallest absolute Gasteiger partial charge is 0.308 e. The van der Waals surface area contributed by atoms with Crippen LogP contribution in [-0.2, 0) is 39.9 Å². The number of hydrogen-bond donors (Lipinski definition) is 5. The average Bonchev–Trinajstić information content (AvgIpc) is 3.70. The van der Waals surface area contributed by atoms with Crippen LogP contribution in [0.4, 0.5) is 0 Å². The maximum atomic E-state index is 14.1. The number of benzene rings is 1. The number of rotatable bonds is 16. The Labute approximate surface area is 297 Å². The number of nitrogens with one attached hydrogen (secondary N) is 4. The van der Waals surface area contributed by atoms with Crippen molar-refractivity contribution in [2.45, 2.75) is 122 Å². The number of aromatic nitrogens is 1. The van der Waals surface area contributed by atoms with E-state index in [1.807, 2.05) is 45.0 Å². The van der Waals surface area contributed by atoms with E-state index in [1.54, 1.807) is 27.0 Å². The SMILES string of the molecule is CCC[C@@H](NC(=O)[C@@H]1CCCN1C(=O)[C@@H](CC(=O)OC(C)(C)C)NC(=O)[C@H](N)Cc1c[nH]c2ccccc12)C(=O)N[C@@H](CC(C)C)C(=O)N=[N+]=[N-]. The number of ether oxygens (including phenoxy) is 1. The van der Waals surface area contributed by atoms with Gasteiger partial charge in [-0.1, -0.05) is 45.4 Å². The standard InChI is InChI=1S/C35H51N9O7/c1-7-11-25(31(47)40-26(16-20(2)3)32(48)42-43-37)39-33(49)28-14-10-15-44(28)34(50)27(18-29(45)51-35(4,5)6)41-30(46)23(36)17-21-19-38-24-13-9-8-12-22(21)24/h8-9,12-13,19-20,23,25-28,38H,7,10-11,14-18,36H2,1-6H3,(H,39,49)(H,40,47)(H,41,46)/t23-,25-,26+,27-,28+/m1/s1. The van der Waals surface area contributed by atoms with Crippen molar-refractivity contribution in [1.29, 1.82) is 0 Å². The second-order valence-electron chi connectivity index (χ2n) is 14.3. The maximum absolute atomic E-state index is 14.1. The number of carbonyl (C=O) groups excluding carboxylic acids is 6. The average molecular weight is 710 g/mol. The van der Waals surface area contributed by atoms with Gasteiger partial charge in [0.1, 0.15) is 23.7 Å². The second-order valence-corrected chi connectivity index (χ2v) is 14.3. The Kier molecular flexibility index (Phi) is 14.6. The lowest BCUT2D eigenvalue weighted by atomic mass is 10.0. The number of likely N-dealkylation sites (tertiary alicyclic amines) is 1. The fraction of sp³-hybridized carbons (Fsp3) is 0.600. The van der Waals surface area contributed by atoms with Crippen LogP contribution in [0.1, 0.15) is 85.6 Å². The second kappa shape index (κ2) is 18.3. The van der Waals surface area contributed by atoms with Gasteiger partial charge in [-0.05, 0) is 81.1 Å². The molecule has 16 heteroatoms. The van der Waals surface area contributed by atoms with Gasteiger partial charge in [0, 0.05) is 28.6 Å². The van der Waals surface area contributed by atoms with Gasteiger partial charge in [-0.15, -0.1) is 0 Å². The molecular formula is C35H51N9O7. The first-order valence-corrected chi connectivity index (χ1v) is 17.4.